The summed E-state index contributed by atoms with van der Waals surface area (Å²) in [7, 11) is -1.28. The number of anilines is 1. The van der Waals surface area contributed by atoms with E-state index in [2.05, 4.69) is 16.6 Å². The van der Waals surface area contributed by atoms with Gasteiger partial charge in [-0.25, -0.2) is 13.2 Å². The average Bonchev–Trinajstić information content (AvgIpc) is 3.29. The summed E-state index contributed by atoms with van der Waals surface area (Å²) in [5, 5.41) is 7.88. The van der Waals surface area contributed by atoms with Crippen LogP contribution >= 0.6 is 0 Å². The van der Waals surface area contributed by atoms with Crippen molar-refractivity contribution >= 4 is 45.2 Å². The zero-order chi connectivity index (χ0) is 29.1. The Morgan fingerprint density at radius 1 is 1.07 bits per heavy atom. The smallest absolute Gasteiger partial charge is 0.332 e. The van der Waals surface area contributed by atoms with Gasteiger partial charge in [0.2, 0.25) is 22.7 Å². The van der Waals surface area contributed by atoms with Crippen LogP contribution in [0.3, 0.4) is 0 Å². The maximum absolute atomic E-state index is 14.1. The van der Waals surface area contributed by atoms with Crippen molar-refractivity contribution in [3.63, 3.8) is 0 Å². The Morgan fingerprint density at radius 3 is 2.51 bits per heavy atom. The van der Waals surface area contributed by atoms with Crippen molar-refractivity contribution < 1.29 is 22.8 Å². The fourth-order valence-corrected chi connectivity index (χ4v) is 5.99. The first-order valence-electron chi connectivity index (χ1n) is 13.2. The molecule has 0 saturated carbocycles. The zero-order valence-corrected chi connectivity index (χ0v) is 23.5. The van der Waals surface area contributed by atoms with E-state index >= 15 is 0 Å². The lowest BCUT2D eigenvalue weighted by molar-refractivity contribution is -0.157. The maximum Gasteiger partial charge on any atom is 0.332 e. The van der Waals surface area contributed by atoms with Gasteiger partial charge < -0.3 is 15.1 Å². The number of carbonyl (C=O) groups is 3. The van der Waals surface area contributed by atoms with E-state index in [1.54, 1.807) is 45.2 Å². The molecular formula is C29H32N6O5S. The molecule has 0 spiro atoms. The summed E-state index contributed by atoms with van der Waals surface area (Å²) >= 11 is 0. The lowest BCUT2D eigenvalue weighted by atomic mass is 9.99. The van der Waals surface area contributed by atoms with Crippen molar-refractivity contribution in [2.24, 2.45) is 0 Å². The third kappa shape index (κ3) is 5.74. The molecule has 0 bridgehead atoms. The van der Waals surface area contributed by atoms with Gasteiger partial charge >= 0.3 is 6.03 Å². The van der Waals surface area contributed by atoms with Gasteiger partial charge in [0.15, 0.2) is 0 Å². The molecule has 4 amide bonds. The first-order valence-corrected chi connectivity index (χ1v) is 14.4. The van der Waals surface area contributed by atoms with Crippen molar-refractivity contribution in [1.29, 1.82) is 0 Å². The lowest BCUT2D eigenvalue weighted by Gasteiger charge is -2.46. The van der Waals surface area contributed by atoms with Crippen LogP contribution in [0.2, 0.25) is 0 Å². The summed E-state index contributed by atoms with van der Waals surface area (Å²) in [5.41, 5.74) is 2.15. The summed E-state index contributed by atoms with van der Waals surface area (Å²) in [6.07, 6.45) is 1.25. The van der Waals surface area contributed by atoms with Crippen LogP contribution in [0.25, 0.3) is 10.8 Å². The van der Waals surface area contributed by atoms with Gasteiger partial charge in [-0.1, -0.05) is 60.7 Å². The van der Waals surface area contributed by atoms with Crippen LogP contribution < -0.4 is 10.0 Å². The van der Waals surface area contributed by atoms with Crippen LogP contribution in [0, 0.1) is 0 Å². The van der Waals surface area contributed by atoms with Crippen molar-refractivity contribution in [3.8, 4) is 0 Å². The van der Waals surface area contributed by atoms with Crippen LogP contribution in [0.5, 0.6) is 0 Å². The van der Waals surface area contributed by atoms with Gasteiger partial charge in [0.05, 0.1) is 19.6 Å². The van der Waals surface area contributed by atoms with E-state index in [1.807, 2.05) is 42.5 Å². The van der Waals surface area contributed by atoms with Gasteiger partial charge in [0, 0.05) is 25.7 Å². The SMILES string of the molecule is C=CCN(C(=O)NC)N1CC(=O)N2[C@@H](Cc3ccc(N[SH](=O)=O)cc3)C(=O)N(Cc3cccc4ccccc34)C[C@@H]21. The fourth-order valence-electron chi connectivity index (χ4n) is 5.63. The number of nitrogens with zero attached hydrogens (tertiary/aromatic N) is 4. The molecule has 5 rings (SSSR count). The molecule has 0 aromatic heterocycles. The molecule has 214 valence electrons. The highest BCUT2D eigenvalue weighted by molar-refractivity contribution is 7.73. The van der Waals surface area contributed by atoms with Gasteiger partial charge in [0.1, 0.15) is 12.2 Å². The molecule has 2 aliphatic heterocycles. The van der Waals surface area contributed by atoms with E-state index in [1.165, 1.54) is 12.1 Å². The molecule has 0 radical (unpaired) electrons. The highest BCUT2D eigenvalue weighted by atomic mass is 32.2. The van der Waals surface area contributed by atoms with Crippen molar-refractivity contribution in [2.45, 2.75) is 25.2 Å². The lowest BCUT2D eigenvalue weighted by Crippen LogP contribution is -2.65. The number of hydrogen-bond acceptors (Lipinski definition) is 6. The Balaban J connectivity index is 1.50. The minimum atomic E-state index is -2.80. The van der Waals surface area contributed by atoms with Gasteiger partial charge in [-0.3, -0.25) is 19.3 Å². The molecule has 12 heteroatoms. The molecule has 0 unspecified atom stereocenters. The molecule has 2 atom stereocenters. The van der Waals surface area contributed by atoms with Gasteiger partial charge in [-0.05, 0) is 34.0 Å². The van der Waals surface area contributed by atoms with E-state index in [9.17, 15) is 22.8 Å². The number of hydrazine groups is 1. The Hall–Kier alpha value is -4.42. The fraction of sp³-hybridized carbons (Fsp3) is 0.276. The molecule has 0 aliphatic carbocycles. The van der Waals surface area contributed by atoms with E-state index < -0.39 is 23.1 Å². The molecule has 3 aromatic rings. The van der Waals surface area contributed by atoms with Gasteiger partial charge in [-0.15, -0.1) is 6.58 Å². The van der Waals surface area contributed by atoms with Crippen molar-refractivity contribution in [1.82, 2.24) is 25.1 Å². The minimum Gasteiger partial charge on any atom is -0.340 e. The molecule has 2 fully saturated rings. The summed E-state index contributed by atoms with van der Waals surface area (Å²) in [6.45, 7) is 4.45. The zero-order valence-electron chi connectivity index (χ0n) is 22.6. The monoisotopic (exact) mass is 576 g/mol. The van der Waals surface area contributed by atoms with E-state index in [0.717, 1.165) is 21.9 Å². The molecule has 41 heavy (non-hydrogen) atoms. The standard InChI is InChI=1S/C29H32N6O5S/c1-3-15-33(29(38)30-2)34-19-27(36)35-25(16-20-11-13-23(14-12-20)31-41(39)40)28(37)32(18-26(34)35)17-22-9-6-8-21-7-4-5-10-24(21)22/h3-14,25-26,41H,1,15-19H2,2H3,(H,30,38)(H,31,39,40)/t25-,26+/m0/s1. The minimum absolute atomic E-state index is 0.0583. The van der Waals surface area contributed by atoms with Crippen LogP contribution in [-0.4, -0.2) is 85.0 Å². The van der Waals surface area contributed by atoms with Crippen LogP contribution in [-0.2, 0) is 33.4 Å². The number of urea groups is 1. The summed E-state index contributed by atoms with van der Waals surface area (Å²) in [6, 6.07) is 19.5. The number of hydrogen-bond donors (Lipinski definition) is 3. The molecule has 2 N–H and O–H groups in total. The maximum atomic E-state index is 14.1. The molecule has 2 heterocycles. The topological polar surface area (TPSA) is 122 Å². The Kier molecular flexibility index (Phi) is 8.22. The van der Waals surface area contributed by atoms with Crippen LogP contribution in [0.1, 0.15) is 11.1 Å². The molecule has 2 aliphatic rings. The Morgan fingerprint density at radius 2 is 1.80 bits per heavy atom. The second-order valence-corrected chi connectivity index (χ2v) is 10.7. The molecule has 2 saturated heterocycles. The van der Waals surface area contributed by atoms with Crippen LogP contribution in [0.4, 0.5) is 10.5 Å². The van der Waals surface area contributed by atoms with Crippen molar-refractivity contribution in [2.75, 3.05) is 31.4 Å². The summed E-state index contributed by atoms with van der Waals surface area (Å²) < 4.78 is 24.4. The number of benzene rings is 3. The quantitative estimate of drug-likeness (QED) is 0.265. The Labute approximate surface area is 240 Å². The normalized spacial score (nSPS) is 19.0. The van der Waals surface area contributed by atoms with E-state index in [-0.39, 0.29) is 43.9 Å². The van der Waals surface area contributed by atoms with E-state index in [0.29, 0.717) is 12.2 Å². The number of fused-ring (bicyclic) bond motifs is 2. The highest BCUT2D eigenvalue weighted by Crippen LogP contribution is 2.31. The molecule has 3 aromatic carbocycles. The predicted molar refractivity (Wildman–Crippen MR) is 156 cm³/mol. The second kappa shape index (κ2) is 12.0. The molecular weight excluding hydrogens is 544 g/mol. The highest BCUT2D eigenvalue weighted by Gasteiger charge is 2.52. The molecule has 11 nitrogen and oxygen atoms in total. The third-order valence-corrected chi connectivity index (χ3v) is 7.91. The van der Waals surface area contributed by atoms with E-state index in [4.69, 9.17) is 0 Å². The number of nitrogens with one attached hydrogen (secondary N) is 2. The average molecular weight is 577 g/mol. The second-order valence-electron chi connectivity index (χ2n) is 9.95. The first kappa shape index (κ1) is 28.1. The number of amides is 4. The Bertz CT molecular complexity index is 1550. The predicted octanol–water partition coefficient (Wildman–Crippen LogP) is 1.94. The largest absolute Gasteiger partial charge is 0.340 e. The first-order chi connectivity index (χ1) is 19.8. The third-order valence-electron chi connectivity index (χ3n) is 7.47. The van der Waals surface area contributed by atoms with Crippen LogP contribution in [0.15, 0.2) is 79.4 Å². The number of piperazine rings is 1. The van der Waals surface area contributed by atoms with Crippen molar-refractivity contribution in [3.05, 3.63) is 90.5 Å². The number of thiol groups is 1. The number of rotatable bonds is 9. The number of carbonyl (C=O) groups excluding carboxylic acids is 3. The van der Waals surface area contributed by atoms with Gasteiger partial charge in [0.25, 0.3) is 0 Å². The summed E-state index contributed by atoms with van der Waals surface area (Å²) in [4.78, 5) is 43.7. The summed E-state index contributed by atoms with van der Waals surface area (Å²) in [5.74, 6) is -0.442. The van der Waals surface area contributed by atoms with Gasteiger partial charge in [-0.2, -0.15) is 5.01 Å².